The second kappa shape index (κ2) is 5.89. The number of nitriles is 1. The molecule has 1 aromatic heterocycles. The Balaban J connectivity index is 2.34. The maximum absolute atomic E-state index is 11.9. The number of aromatic nitrogens is 2. The van der Waals surface area contributed by atoms with Gasteiger partial charge in [0.1, 0.15) is 0 Å². The minimum atomic E-state index is -0.420. The molecule has 6 heteroatoms. The first kappa shape index (κ1) is 13.6. The Labute approximate surface area is 115 Å². The largest absolute Gasteiger partial charge is 0.469 e. The van der Waals surface area contributed by atoms with Gasteiger partial charge in [0, 0.05) is 11.8 Å². The zero-order valence-electron chi connectivity index (χ0n) is 10.9. The zero-order chi connectivity index (χ0) is 14.5. The Bertz CT molecular complexity index is 722. The number of nitrogens with one attached hydrogen (secondary N) is 1. The monoisotopic (exact) mass is 271 g/mol. The first-order chi connectivity index (χ1) is 9.63. The maximum atomic E-state index is 11.9. The first-order valence-electron chi connectivity index (χ1n) is 5.98. The molecule has 2 rings (SSSR count). The van der Waals surface area contributed by atoms with Crippen LogP contribution in [0.15, 0.2) is 35.1 Å². The van der Waals surface area contributed by atoms with Crippen molar-refractivity contribution < 1.29 is 9.53 Å². The van der Waals surface area contributed by atoms with E-state index in [0.29, 0.717) is 11.4 Å². The molecule has 0 aliphatic rings. The van der Waals surface area contributed by atoms with Gasteiger partial charge in [-0.25, -0.2) is 4.68 Å². The van der Waals surface area contributed by atoms with Crippen LogP contribution in [0.5, 0.6) is 0 Å². The molecule has 0 aliphatic heterocycles. The number of H-pyrrole nitrogens is 1. The van der Waals surface area contributed by atoms with Gasteiger partial charge in [-0.15, -0.1) is 0 Å². The zero-order valence-corrected chi connectivity index (χ0v) is 10.9. The van der Waals surface area contributed by atoms with Crippen LogP contribution in [0.2, 0.25) is 0 Å². The molecule has 0 radical (unpaired) electrons. The van der Waals surface area contributed by atoms with E-state index < -0.39 is 5.97 Å². The molecular weight excluding hydrogens is 258 g/mol. The van der Waals surface area contributed by atoms with Crippen molar-refractivity contribution in [3.63, 3.8) is 0 Å². The molecule has 0 saturated heterocycles. The minimum absolute atomic E-state index is 0.0105. The fraction of sp³-hybridized carbons (Fsp3) is 0.214. The number of aromatic amines is 1. The van der Waals surface area contributed by atoms with Crippen molar-refractivity contribution in [1.82, 2.24) is 9.78 Å². The molecule has 0 bridgehead atoms. The Morgan fingerprint density at radius 1 is 1.45 bits per heavy atom. The molecule has 6 nitrogen and oxygen atoms in total. The van der Waals surface area contributed by atoms with E-state index in [1.54, 1.807) is 18.2 Å². The van der Waals surface area contributed by atoms with E-state index in [2.05, 4.69) is 15.9 Å². The average molecular weight is 271 g/mol. The third-order valence-electron chi connectivity index (χ3n) is 2.79. The Hall–Kier alpha value is -2.81. The summed E-state index contributed by atoms with van der Waals surface area (Å²) in [6.07, 6.45) is 0.287. The molecule has 0 spiro atoms. The van der Waals surface area contributed by atoms with Gasteiger partial charge in [-0.05, 0) is 17.7 Å². The van der Waals surface area contributed by atoms with Crippen LogP contribution in [0.4, 0.5) is 0 Å². The number of carbonyl (C=O) groups excluding carboxylic acids is 1. The number of nitrogens with zero attached hydrogens (tertiary/aromatic N) is 2. The van der Waals surface area contributed by atoms with Gasteiger partial charge in [0.05, 0.1) is 31.7 Å². The van der Waals surface area contributed by atoms with Crippen molar-refractivity contribution in [3.05, 3.63) is 51.9 Å². The lowest BCUT2D eigenvalue weighted by Crippen LogP contribution is -2.13. The van der Waals surface area contributed by atoms with E-state index in [0.717, 1.165) is 5.56 Å². The van der Waals surface area contributed by atoms with Crippen molar-refractivity contribution in [2.24, 2.45) is 0 Å². The van der Waals surface area contributed by atoms with Crippen LogP contribution in [0.1, 0.15) is 11.3 Å². The molecule has 0 unspecified atom stereocenters. The number of hydrogen-bond acceptors (Lipinski definition) is 4. The number of methoxy groups -OCH3 is 1. The van der Waals surface area contributed by atoms with Gasteiger partial charge in [-0.1, -0.05) is 12.1 Å². The predicted molar refractivity (Wildman–Crippen MR) is 71.4 cm³/mol. The Morgan fingerprint density at radius 3 is 2.95 bits per heavy atom. The summed E-state index contributed by atoms with van der Waals surface area (Å²) in [6.45, 7) is 0. The highest BCUT2D eigenvalue weighted by Crippen LogP contribution is 2.09. The fourth-order valence-corrected chi connectivity index (χ4v) is 1.85. The molecular formula is C14H13N3O3. The van der Waals surface area contributed by atoms with Crippen LogP contribution in [0.25, 0.3) is 5.69 Å². The van der Waals surface area contributed by atoms with Gasteiger partial charge in [0.15, 0.2) is 0 Å². The van der Waals surface area contributed by atoms with E-state index in [1.807, 2.05) is 6.07 Å². The van der Waals surface area contributed by atoms with Crippen molar-refractivity contribution in [1.29, 1.82) is 5.26 Å². The number of carbonyl (C=O) groups is 1. The summed E-state index contributed by atoms with van der Waals surface area (Å²) in [5.41, 5.74) is 1.66. The highest BCUT2D eigenvalue weighted by atomic mass is 16.5. The molecule has 102 valence electrons. The highest BCUT2D eigenvalue weighted by Gasteiger charge is 2.09. The summed E-state index contributed by atoms with van der Waals surface area (Å²) in [7, 11) is 1.29. The highest BCUT2D eigenvalue weighted by molar-refractivity contribution is 5.71. The summed E-state index contributed by atoms with van der Waals surface area (Å²) >= 11 is 0. The van der Waals surface area contributed by atoms with Gasteiger partial charge < -0.3 is 4.74 Å². The van der Waals surface area contributed by atoms with Gasteiger partial charge >= 0.3 is 5.97 Å². The molecule has 2 aromatic rings. The van der Waals surface area contributed by atoms with Gasteiger partial charge in [-0.3, -0.25) is 14.7 Å². The summed E-state index contributed by atoms with van der Waals surface area (Å²) in [5, 5.41) is 11.5. The fourth-order valence-electron chi connectivity index (χ4n) is 1.85. The molecule has 0 fully saturated rings. The number of rotatable bonds is 4. The first-order valence-corrected chi connectivity index (χ1v) is 5.98. The Kier molecular flexibility index (Phi) is 4.01. The Morgan fingerprint density at radius 2 is 2.25 bits per heavy atom. The molecule has 0 saturated carbocycles. The minimum Gasteiger partial charge on any atom is -0.469 e. The van der Waals surface area contributed by atoms with Crippen LogP contribution >= 0.6 is 0 Å². The SMILES string of the molecule is COC(=O)Cc1cc(=O)n(-c2cccc(CC#N)c2)[nH]1. The van der Waals surface area contributed by atoms with E-state index >= 15 is 0 Å². The topological polar surface area (TPSA) is 87.9 Å². The van der Waals surface area contributed by atoms with Gasteiger partial charge in [0.2, 0.25) is 0 Å². The predicted octanol–water partition coefficient (Wildman–Crippen LogP) is 0.947. The second-order valence-corrected chi connectivity index (χ2v) is 4.21. The van der Waals surface area contributed by atoms with E-state index in [4.69, 9.17) is 5.26 Å². The molecule has 0 atom stereocenters. The summed E-state index contributed by atoms with van der Waals surface area (Å²) in [5.74, 6) is -0.420. The second-order valence-electron chi connectivity index (χ2n) is 4.21. The lowest BCUT2D eigenvalue weighted by atomic mass is 10.1. The molecule has 1 aromatic carbocycles. The van der Waals surface area contributed by atoms with Crippen LogP contribution in [0.3, 0.4) is 0 Å². The quantitative estimate of drug-likeness (QED) is 0.838. The number of ether oxygens (including phenoxy) is 1. The molecule has 1 heterocycles. The van der Waals surface area contributed by atoms with Crippen molar-refractivity contribution >= 4 is 5.97 Å². The standard InChI is InChI=1S/C14H13N3O3/c1-20-14(19)9-11-8-13(18)17(16-11)12-4-2-3-10(7-12)5-6-15/h2-4,7-8,16H,5,9H2,1H3. The number of hydrogen-bond donors (Lipinski definition) is 1. The molecule has 0 amide bonds. The van der Waals surface area contributed by atoms with Crippen LogP contribution < -0.4 is 5.56 Å². The van der Waals surface area contributed by atoms with Crippen LogP contribution in [-0.2, 0) is 22.4 Å². The van der Waals surface area contributed by atoms with E-state index in [9.17, 15) is 9.59 Å². The molecule has 20 heavy (non-hydrogen) atoms. The lowest BCUT2D eigenvalue weighted by molar-refractivity contribution is -0.139. The van der Waals surface area contributed by atoms with Crippen molar-refractivity contribution in [2.75, 3.05) is 7.11 Å². The summed E-state index contributed by atoms with van der Waals surface area (Å²) < 4.78 is 5.89. The number of benzene rings is 1. The van der Waals surface area contributed by atoms with Crippen LogP contribution in [-0.4, -0.2) is 22.9 Å². The van der Waals surface area contributed by atoms with Crippen molar-refractivity contribution in [2.45, 2.75) is 12.8 Å². The van der Waals surface area contributed by atoms with E-state index in [1.165, 1.54) is 17.9 Å². The molecule has 0 aliphatic carbocycles. The van der Waals surface area contributed by atoms with E-state index in [-0.39, 0.29) is 18.4 Å². The average Bonchev–Trinajstić information content (AvgIpc) is 2.80. The summed E-state index contributed by atoms with van der Waals surface area (Å²) in [4.78, 5) is 23.1. The maximum Gasteiger partial charge on any atom is 0.311 e. The van der Waals surface area contributed by atoms with Gasteiger partial charge in [0.25, 0.3) is 5.56 Å². The smallest absolute Gasteiger partial charge is 0.311 e. The summed E-state index contributed by atoms with van der Waals surface area (Å²) in [6, 6.07) is 10.5. The van der Waals surface area contributed by atoms with Gasteiger partial charge in [-0.2, -0.15) is 5.26 Å². The third-order valence-corrected chi connectivity index (χ3v) is 2.79. The molecule has 1 N–H and O–H groups in total. The number of esters is 1. The lowest BCUT2D eigenvalue weighted by Gasteiger charge is -2.03. The van der Waals surface area contributed by atoms with Crippen LogP contribution in [0, 0.1) is 11.3 Å². The van der Waals surface area contributed by atoms with Crippen molar-refractivity contribution in [3.8, 4) is 11.8 Å². The third kappa shape index (κ3) is 2.95. The normalized spacial score (nSPS) is 10.0.